The predicted molar refractivity (Wildman–Crippen MR) is 80.4 cm³/mol. The molecular weight excluding hydrogens is 274 g/mol. The molecule has 1 aromatic carbocycles. The van der Waals surface area contributed by atoms with Crippen molar-refractivity contribution in [3.05, 3.63) is 51.6 Å². The molecule has 1 N–H and O–H groups in total. The highest BCUT2D eigenvalue weighted by atomic mass is 35.5. The number of nitrogens with zero attached hydrogens (tertiary/aromatic N) is 2. The number of rotatable bonds is 2. The van der Waals surface area contributed by atoms with E-state index in [-0.39, 0.29) is 5.91 Å². The van der Waals surface area contributed by atoms with Gasteiger partial charge >= 0.3 is 0 Å². The molecule has 0 aliphatic carbocycles. The number of carbonyl (C=O) groups excluding carboxylic acids is 1. The zero-order valence-corrected chi connectivity index (χ0v) is 12.7. The maximum Gasteiger partial charge on any atom is 0.259 e. The minimum atomic E-state index is -0.222. The zero-order valence-electron chi connectivity index (χ0n) is 11.9. The molecule has 0 fully saturated rings. The van der Waals surface area contributed by atoms with Gasteiger partial charge in [0.25, 0.3) is 5.91 Å². The first-order valence-electron chi connectivity index (χ1n) is 6.28. The summed E-state index contributed by atoms with van der Waals surface area (Å²) in [5.41, 5.74) is 3.48. The van der Waals surface area contributed by atoms with Crippen molar-refractivity contribution < 1.29 is 4.79 Å². The summed E-state index contributed by atoms with van der Waals surface area (Å²) >= 11 is 6.05. The van der Waals surface area contributed by atoms with Crippen molar-refractivity contribution in [2.45, 2.75) is 27.7 Å². The largest absolute Gasteiger partial charge is 0.322 e. The molecule has 5 heteroatoms. The number of hydrogen-bond donors (Lipinski definition) is 1. The van der Waals surface area contributed by atoms with E-state index in [1.165, 1.54) is 0 Å². The normalized spacial score (nSPS) is 10.4. The number of halogens is 1. The fourth-order valence-corrected chi connectivity index (χ4v) is 2.26. The third kappa shape index (κ3) is 2.96. The third-order valence-electron chi connectivity index (χ3n) is 3.04. The molecule has 2 rings (SSSR count). The lowest BCUT2D eigenvalue weighted by atomic mass is 10.1. The summed E-state index contributed by atoms with van der Waals surface area (Å²) in [7, 11) is 0. The van der Waals surface area contributed by atoms with Gasteiger partial charge in [-0.05, 0) is 45.4 Å². The molecule has 0 aliphatic heterocycles. The first kappa shape index (κ1) is 14.5. The highest BCUT2D eigenvalue weighted by Crippen LogP contribution is 2.21. The molecule has 104 valence electrons. The number of benzene rings is 1. The fourth-order valence-electron chi connectivity index (χ4n) is 2.08. The van der Waals surface area contributed by atoms with Crippen molar-refractivity contribution in [1.29, 1.82) is 0 Å². The molecule has 1 amide bonds. The van der Waals surface area contributed by atoms with E-state index in [0.717, 1.165) is 5.56 Å². The molecule has 2 aromatic rings. The number of aromatic nitrogens is 2. The Hall–Kier alpha value is -1.94. The summed E-state index contributed by atoms with van der Waals surface area (Å²) in [5.74, 6) is 0.440. The quantitative estimate of drug-likeness (QED) is 0.919. The van der Waals surface area contributed by atoms with Gasteiger partial charge in [-0.1, -0.05) is 17.7 Å². The Bertz CT molecular complexity index is 660. The van der Waals surface area contributed by atoms with Crippen LogP contribution in [0.4, 0.5) is 5.69 Å². The molecule has 0 unspecified atom stereocenters. The van der Waals surface area contributed by atoms with E-state index in [9.17, 15) is 4.79 Å². The standard InChI is InChI=1S/C15H16ClN3O/c1-8-5-6-12(7-13(8)16)19-15(20)14-9(2)17-11(4)18-10(14)3/h5-7H,1-4H3,(H,19,20). The van der Waals surface area contributed by atoms with Crippen molar-refractivity contribution in [3.8, 4) is 0 Å². The molecule has 0 bridgehead atoms. The summed E-state index contributed by atoms with van der Waals surface area (Å²) in [5, 5.41) is 3.45. The second-order valence-corrected chi connectivity index (χ2v) is 5.14. The van der Waals surface area contributed by atoms with Gasteiger partial charge in [-0.15, -0.1) is 0 Å². The fraction of sp³-hybridized carbons (Fsp3) is 0.267. The van der Waals surface area contributed by atoms with Crippen LogP contribution in [-0.4, -0.2) is 15.9 Å². The van der Waals surface area contributed by atoms with E-state index in [1.807, 2.05) is 19.1 Å². The summed E-state index contributed by atoms with van der Waals surface area (Å²) < 4.78 is 0. The number of hydrogen-bond acceptors (Lipinski definition) is 3. The lowest BCUT2D eigenvalue weighted by molar-refractivity contribution is 0.102. The predicted octanol–water partition coefficient (Wildman–Crippen LogP) is 3.62. The molecule has 1 aromatic heterocycles. The smallest absolute Gasteiger partial charge is 0.259 e. The lowest BCUT2D eigenvalue weighted by Gasteiger charge is -2.11. The van der Waals surface area contributed by atoms with Crippen LogP contribution in [-0.2, 0) is 0 Å². The molecule has 4 nitrogen and oxygen atoms in total. The topological polar surface area (TPSA) is 54.9 Å². The Morgan fingerprint density at radius 1 is 1.10 bits per heavy atom. The number of amides is 1. The number of carbonyl (C=O) groups is 1. The Kier molecular flexibility index (Phi) is 4.04. The zero-order chi connectivity index (χ0) is 14.9. The highest BCUT2D eigenvalue weighted by molar-refractivity contribution is 6.31. The van der Waals surface area contributed by atoms with Crippen LogP contribution < -0.4 is 5.32 Å². The molecule has 0 radical (unpaired) electrons. The SMILES string of the molecule is Cc1nc(C)c(C(=O)Nc2ccc(C)c(Cl)c2)c(C)n1. The van der Waals surface area contributed by atoms with Gasteiger partial charge in [-0.3, -0.25) is 4.79 Å². The van der Waals surface area contributed by atoms with Crippen LogP contribution in [0.3, 0.4) is 0 Å². The Morgan fingerprint density at radius 3 is 2.25 bits per heavy atom. The molecule has 20 heavy (non-hydrogen) atoms. The first-order chi connectivity index (χ1) is 9.38. The molecular formula is C15H16ClN3O. The van der Waals surface area contributed by atoms with Crippen molar-refractivity contribution in [3.63, 3.8) is 0 Å². The van der Waals surface area contributed by atoms with Crippen LogP contribution in [0.15, 0.2) is 18.2 Å². The summed E-state index contributed by atoms with van der Waals surface area (Å²) in [6, 6.07) is 5.41. The van der Waals surface area contributed by atoms with Gasteiger partial charge in [-0.25, -0.2) is 9.97 Å². The van der Waals surface area contributed by atoms with Gasteiger partial charge in [0, 0.05) is 10.7 Å². The van der Waals surface area contributed by atoms with Gasteiger partial charge in [0.1, 0.15) is 5.82 Å². The average Bonchev–Trinajstić information content (AvgIpc) is 2.32. The molecule has 0 atom stereocenters. The van der Waals surface area contributed by atoms with Crippen molar-refractivity contribution in [2.75, 3.05) is 5.32 Å². The molecule has 0 aliphatic rings. The van der Waals surface area contributed by atoms with E-state index in [4.69, 9.17) is 11.6 Å². The number of nitrogens with one attached hydrogen (secondary N) is 1. The van der Waals surface area contributed by atoms with E-state index in [2.05, 4.69) is 15.3 Å². The van der Waals surface area contributed by atoms with Crippen LogP contribution in [0.1, 0.15) is 33.1 Å². The third-order valence-corrected chi connectivity index (χ3v) is 3.45. The van der Waals surface area contributed by atoms with Crippen molar-refractivity contribution in [1.82, 2.24) is 9.97 Å². The van der Waals surface area contributed by atoms with Gasteiger partial charge in [0.2, 0.25) is 0 Å². The van der Waals surface area contributed by atoms with E-state index in [0.29, 0.717) is 33.5 Å². The van der Waals surface area contributed by atoms with Gasteiger partial charge in [-0.2, -0.15) is 0 Å². The van der Waals surface area contributed by atoms with E-state index >= 15 is 0 Å². The van der Waals surface area contributed by atoms with Crippen LogP contribution in [0.5, 0.6) is 0 Å². The second-order valence-electron chi connectivity index (χ2n) is 4.73. The van der Waals surface area contributed by atoms with E-state index in [1.54, 1.807) is 26.8 Å². The minimum absolute atomic E-state index is 0.222. The second kappa shape index (κ2) is 5.59. The van der Waals surface area contributed by atoms with Gasteiger partial charge in [0.05, 0.1) is 17.0 Å². The Balaban J connectivity index is 2.31. The van der Waals surface area contributed by atoms with Crippen molar-refractivity contribution >= 4 is 23.2 Å². The summed E-state index contributed by atoms with van der Waals surface area (Å²) in [6.07, 6.45) is 0. The Labute approximate surface area is 123 Å². The lowest BCUT2D eigenvalue weighted by Crippen LogP contribution is -2.17. The van der Waals surface area contributed by atoms with Crippen LogP contribution >= 0.6 is 11.6 Å². The van der Waals surface area contributed by atoms with Crippen molar-refractivity contribution in [2.24, 2.45) is 0 Å². The van der Waals surface area contributed by atoms with E-state index < -0.39 is 0 Å². The minimum Gasteiger partial charge on any atom is -0.322 e. The maximum atomic E-state index is 12.3. The Morgan fingerprint density at radius 2 is 1.70 bits per heavy atom. The molecule has 1 heterocycles. The van der Waals surface area contributed by atoms with Crippen LogP contribution in [0.2, 0.25) is 5.02 Å². The number of aryl methyl sites for hydroxylation is 4. The van der Waals surface area contributed by atoms with Crippen LogP contribution in [0.25, 0.3) is 0 Å². The first-order valence-corrected chi connectivity index (χ1v) is 6.65. The summed E-state index contributed by atoms with van der Waals surface area (Å²) in [4.78, 5) is 20.8. The molecule has 0 spiro atoms. The van der Waals surface area contributed by atoms with Gasteiger partial charge in [0.15, 0.2) is 0 Å². The maximum absolute atomic E-state index is 12.3. The highest BCUT2D eigenvalue weighted by Gasteiger charge is 2.15. The number of anilines is 1. The molecule has 0 saturated carbocycles. The van der Waals surface area contributed by atoms with Gasteiger partial charge < -0.3 is 5.32 Å². The average molecular weight is 290 g/mol. The monoisotopic (exact) mass is 289 g/mol. The van der Waals surface area contributed by atoms with Crippen LogP contribution in [0, 0.1) is 27.7 Å². The summed E-state index contributed by atoms with van der Waals surface area (Å²) in [6.45, 7) is 7.33. The molecule has 0 saturated heterocycles.